The molecule has 1 aromatic carbocycles. The van der Waals surface area contributed by atoms with Crippen molar-refractivity contribution in [2.45, 2.75) is 52.4 Å². The second-order valence-electron chi connectivity index (χ2n) is 5.60. The maximum Gasteiger partial charge on any atom is 0.308 e. The van der Waals surface area contributed by atoms with Gasteiger partial charge in [-0.15, -0.1) is 0 Å². The first-order valence-corrected chi connectivity index (χ1v) is 7.54. The zero-order valence-electron chi connectivity index (χ0n) is 12.9. The quantitative estimate of drug-likeness (QED) is 0.735. The van der Waals surface area contributed by atoms with Gasteiger partial charge in [0.15, 0.2) is 0 Å². The molecule has 1 aliphatic rings. The van der Waals surface area contributed by atoms with Crippen LogP contribution in [0.1, 0.15) is 63.5 Å². The van der Waals surface area contributed by atoms with Gasteiger partial charge in [0.2, 0.25) is 0 Å². The normalized spacial score (nSPS) is 16.8. The average Bonchev–Trinajstić information content (AvgIpc) is 2.70. The number of esters is 1. The maximum absolute atomic E-state index is 11.6. The summed E-state index contributed by atoms with van der Waals surface area (Å²) in [5.41, 5.74) is 3.17. The van der Waals surface area contributed by atoms with Gasteiger partial charge in [0.25, 0.3) is 0 Å². The minimum Gasteiger partial charge on any atom is -0.426 e. The topological polar surface area (TPSA) is 43.4 Å². The lowest BCUT2D eigenvalue weighted by atomic mass is 9.88. The predicted molar refractivity (Wildman–Crippen MR) is 82.7 cm³/mol. The Labute approximate surface area is 126 Å². The number of ketones is 1. The van der Waals surface area contributed by atoms with Crippen molar-refractivity contribution in [1.29, 1.82) is 0 Å². The molecule has 3 nitrogen and oxygen atoms in total. The molecule has 1 aliphatic carbocycles. The Morgan fingerprint density at radius 2 is 1.90 bits per heavy atom. The molecule has 2 rings (SSSR count). The van der Waals surface area contributed by atoms with Gasteiger partial charge in [-0.05, 0) is 30.9 Å². The predicted octanol–water partition coefficient (Wildman–Crippen LogP) is 4.23. The molecule has 112 valence electrons. The molecule has 0 amide bonds. The molecule has 1 atom stereocenters. The Kier molecular flexibility index (Phi) is 4.94. The molecule has 0 bridgehead atoms. The summed E-state index contributed by atoms with van der Waals surface area (Å²) in [7, 11) is 0. The van der Waals surface area contributed by atoms with Crippen molar-refractivity contribution >= 4 is 17.5 Å². The number of hydrogen-bond donors (Lipinski definition) is 0. The number of carbonyl (C=O) groups is 2. The van der Waals surface area contributed by atoms with Crippen LogP contribution >= 0.6 is 0 Å². The van der Waals surface area contributed by atoms with Crippen LogP contribution in [0.5, 0.6) is 0 Å². The van der Waals surface area contributed by atoms with E-state index >= 15 is 0 Å². The highest BCUT2D eigenvalue weighted by Gasteiger charge is 2.33. The number of carbonyl (C=O) groups excluding carboxylic acids is 2. The second-order valence-corrected chi connectivity index (χ2v) is 5.60. The van der Waals surface area contributed by atoms with E-state index in [1.165, 1.54) is 6.92 Å². The van der Waals surface area contributed by atoms with Crippen LogP contribution in [-0.2, 0) is 14.3 Å². The van der Waals surface area contributed by atoms with Crippen molar-refractivity contribution in [1.82, 2.24) is 0 Å². The van der Waals surface area contributed by atoms with E-state index in [9.17, 15) is 9.59 Å². The number of hydrogen-bond acceptors (Lipinski definition) is 3. The van der Waals surface area contributed by atoms with Crippen LogP contribution in [0, 0.1) is 0 Å². The lowest BCUT2D eigenvalue weighted by Crippen LogP contribution is -2.05. The summed E-state index contributed by atoms with van der Waals surface area (Å²) in [6, 6.07) is 7.92. The summed E-state index contributed by atoms with van der Waals surface area (Å²) in [6.07, 6.45) is 3.44. The van der Waals surface area contributed by atoms with E-state index in [1.54, 1.807) is 6.92 Å². The fourth-order valence-corrected chi connectivity index (χ4v) is 2.97. The molecule has 0 radical (unpaired) electrons. The van der Waals surface area contributed by atoms with E-state index in [0.717, 1.165) is 36.0 Å². The van der Waals surface area contributed by atoms with Gasteiger partial charge in [0.05, 0.1) is 0 Å². The lowest BCUT2D eigenvalue weighted by Gasteiger charge is -2.15. The fraction of sp³-hybridized carbons (Fsp3) is 0.444. The van der Waals surface area contributed by atoms with Crippen LogP contribution in [0.4, 0.5) is 0 Å². The summed E-state index contributed by atoms with van der Waals surface area (Å²) in [5, 5.41) is 0. The summed E-state index contributed by atoms with van der Waals surface area (Å²) in [4.78, 5) is 23.1. The van der Waals surface area contributed by atoms with E-state index < -0.39 is 0 Å². The van der Waals surface area contributed by atoms with E-state index in [0.29, 0.717) is 12.2 Å². The molecule has 0 aliphatic heterocycles. The fourth-order valence-electron chi connectivity index (χ4n) is 2.97. The minimum atomic E-state index is -0.308. The van der Waals surface area contributed by atoms with E-state index in [2.05, 4.69) is 6.92 Å². The van der Waals surface area contributed by atoms with Gasteiger partial charge in [0.1, 0.15) is 11.5 Å². The van der Waals surface area contributed by atoms with E-state index in [4.69, 9.17) is 4.74 Å². The molecule has 3 heteroatoms. The second kappa shape index (κ2) is 6.70. The molecule has 0 saturated heterocycles. The van der Waals surface area contributed by atoms with Crippen molar-refractivity contribution in [3.8, 4) is 0 Å². The van der Waals surface area contributed by atoms with Gasteiger partial charge in [-0.1, -0.05) is 37.6 Å². The van der Waals surface area contributed by atoms with Crippen LogP contribution < -0.4 is 0 Å². The number of unbranched alkanes of at least 4 members (excludes halogenated alkanes) is 1. The summed E-state index contributed by atoms with van der Waals surface area (Å²) in [6.45, 7) is 5.17. The zero-order valence-corrected chi connectivity index (χ0v) is 12.9. The van der Waals surface area contributed by atoms with Gasteiger partial charge in [0, 0.05) is 24.8 Å². The van der Waals surface area contributed by atoms with Gasteiger partial charge in [-0.2, -0.15) is 0 Å². The first-order valence-electron chi connectivity index (χ1n) is 7.54. The Morgan fingerprint density at radius 3 is 2.52 bits per heavy atom. The lowest BCUT2D eigenvalue weighted by molar-refractivity contribution is -0.134. The summed E-state index contributed by atoms with van der Waals surface area (Å²) >= 11 is 0. The molecule has 0 aromatic heterocycles. The van der Waals surface area contributed by atoms with Crippen molar-refractivity contribution < 1.29 is 14.3 Å². The first-order chi connectivity index (χ1) is 10.0. The largest absolute Gasteiger partial charge is 0.426 e. The number of rotatable bonds is 6. The third-order valence-electron chi connectivity index (χ3n) is 3.83. The minimum absolute atomic E-state index is 0.0552. The molecule has 21 heavy (non-hydrogen) atoms. The SMILES string of the molecule is CCCCC1=C(OC(C)=O)c2ccccc2C1CC(C)=O. The highest BCUT2D eigenvalue weighted by atomic mass is 16.5. The molecule has 0 saturated carbocycles. The Balaban J connectivity index is 2.47. The number of benzene rings is 1. The monoisotopic (exact) mass is 286 g/mol. The van der Waals surface area contributed by atoms with Crippen molar-refractivity contribution in [3.05, 3.63) is 41.0 Å². The van der Waals surface area contributed by atoms with Crippen LogP contribution in [0.15, 0.2) is 29.8 Å². The molecule has 0 fully saturated rings. The molecule has 1 unspecified atom stereocenters. The Morgan fingerprint density at radius 1 is 1.19 bits per heavy atom. The van der Waals surface area contributed by atoms with Crippen LogP contribution in [0.25, 0.3) is 5.76 Å². The highest BCUT2D eigenvalue weighted by Crippen LogP contribution is 2.46. The number of fused-ring (bicyclic) bond motifs is 1. The smallest absolute Gasteiger partial charge is 0.308 e. The van der Waals surface area contributed by atoms with Crippen LogP contribution in [-0.4, -0.2) is 11.8 Å². The van der Waals surface area contributed by atoms with Gasteiger partial charge in [-0.3, -0.25) is 9.59 Å². The maximum atomic E-state index is 11.6. The van der Waals surface area contributed by atoms with Crippen molar-refractivity contribution in [3.63, 3.8) is 0 Å². The van der Waals surface area contributed by atoms with Crippen molar-refractivity contribution in [2.24, 2.45) is 0 Å². The van der Waals surface area contributed by atoms with Crippen LogP contribution in [0.2, 0.25) is 0 Å². The third kappa shape index (κ3) is 3.41. The third-order valence-corrected chi connectivity index (χ3v) is 3.83. The molecule has 0 N–H and O–H groups in total. The van der Waals surface area contributed by atoms with Gasteiger partial charge in [-0.25, -0.2) is 0 Å². The zero-order chi connectivity index (χ0) is 15.4. The first kappa shape index (κ1) is 15.5. The number of ether oxygens (including phenoxy) is 1. The molecule has 0 spiro atoms. The Hall–Kier alpha value is -1.90. The average molecular weight is 286 g/mol. The van der Waals surface area contributed by atoms with E-state index in [-0.39, 0.29) is 17.7 Å². The summed E-state index contributed by atoms with van der Waals surface area (Å²) < 4.78 is 5.49. The standard InChI is InChI=1S/C18H22O3/c1-4-5-8-16-17(11-12(2)19)14-9-6-7-10-15(14)18(16)21-13(3)20/h6-7,9-10,17H,4-5,8,11H2,1-3H3. The Bertz CT molecular complexity index is 584. The molecular weight excluding hydrogens is 264 g/mol. The molecule has 0 heterocycles. The van der Waals surface area contributed by atoms with Gasteiger partial charge >= 0.3 is 5.97 Å². The molecular formula is C18H22O3. The highest BCUT2D eigenvalue weighted by molar-refractivity contribution is 5.85. The van der Waals surface area contributed by atoms with E-state index in [1.807, 2.05) is 24.3 Å². The van der Waals surface area contributed by atoms with Crippen molar-refractivity contribution in [2.75, 3.05) is 0 Å². The number of Topliss-reactive ketones (excluding diaryl/α,β-unsaturated/α-hetero) is 1. The summed E-state index contributed by atoms with van der Waals surface area (Å²) in [5.74, 6) is 0.586. The molecule has 1 aromatic rings. The van der Waals surface area contributed by atoms with Crippen LogP contribution in [0.3, 0.4) is 0 Å². The van der Waals surface area contributed by atoms with Gasteiger partial charge < -0.3 is 4.74 Å². The number of allylic oxidation sites excluding steroid dienone is 1.